The van der Waals surface area contributed by atoms with E-state index in [-0.39, 0.29) is 17.6 Å². The van der Waals surface area contributed by atoms with E-state index in [1.54, 1.807) is 12.1 Å². The molecule has 2 heterocycles. The van der Waals surface area contributed by atoms with Crippen LogP contribution in [0.1, 0.15) is 35.1 Å². The number of carbonyl (C=O) groups is 1. The number of carbonyl (C=O) groups excluding carboxylic acids is 1. The second-order valence-corrected chi connectivity index (χ2v) is 4.37. The summed E-state index contributed by atoms with van der Waals surface area (Å²) in [5, 5.41) is 7.76. The predicted octanol–water partition coefficient (Wildman–Crippen LogP) is 2.07. The highest BCUT2D eigenvalue weighted by Crippen LogP contribution is 2.31. The van der Waals surface area contributed by atoms with Crippen molar-refractivity contribution in [3.8, 4) is 5.69 Å². The van der Waals surface area contributed by atoms with Gasteiger partial charge in [-0.1, -0.05) is 11.3 Å². The molecule has 1 aromatic carbocycles. The molecule has 98 valence electrons. The van der Waals surface area contributed by atoms with E-state index in [0.29, 0.717) is 24.3 Å². The third-order valence-corrected chi connectivity index (χ3v) is 3.13. The zero-order valence-electron chi connectivity index (χ0n) is 10.1. The van der Waals surface area contributed by atoms with Gasteiger partial charge in [0.25, 0.3) is 0 Å². The summed E-state index contributed by atoms with van der Waals surface area (Å²) in [6, 6.07) is 6.01. The summed E-state index contributed by atoms with van der Waals surface area (Å²) < 4.78 is 20.3. The van der Waals surface area contributed by atoms with E-state index in [1.807, 2.05) is 0 Å². The molecule has 0 aliphatic carbocycles. The standard InChI is InChI=1S/C13H12FN3O2/c14-9-3-1-4-10(7-9)17-13(11(8-18)15-16-17)12-5-2-6-19-12/h1,3-4,7-8,12H,2,5-6H2. The Kier molecular flexibility index (Phi) is 3.08. The molecule has 1 unspecified atom stereocenters. The Balaban J connectivity index is 2.10. The van der Waals surface area contributed by atoms with Gasteiger partial charge in [-0.25, -0.2) is 9.07 Å². The summed E-state index contributed by atoms with van der Waals surface area (Å²) in [5.74, 6) is -0.362. The lowest BCUT2D eigenvalue weighted by molar-refractivity contribution is 0.102. The summed E-state index contributed by atoms with van der Waals surface area (Å²) in [4.78, 5) is 11.1. The first-order valence-electron chi connectivity index (χ1n) is 6.08. The van der Waals surface area contributed by atoms with Crippen LogP contribution in [0.25, 0.3) is 5.69 Å². The average Bonchev–Trinajstić information content (AvgIpc) is 3.07. The van der Waals surface area contributed by atoms with E-state index >= 15 is 0 Å². The van der Waals surface area contributed by atoms with Crippen molar-refractivity contribution in [3.63, 3.8) is 0 Å². The first-order valence-corrected chi connectivity index (χ1v) is 6.08. The van der Waals surface area contributed by atoms with Gasteiger partial charge in [-0.2, -0.15) is 0 Å². The molecule has 19 heavy (non-hydrogen) atoms. The van der Waals surface area contributed by atoms with Crippen LogP contribution in [-0.2, 0) is 4.74 Å². The number of halogens is 1. The highest BCUT2D eigenvalue weighted by Gasteiger charge is 2.27. The quantitative estimate of drug-likeness (QED) is 0.794. The van der Waals surface area contributed by atoms with Crippen molar-refractivity contribution in [3.05, 3.63) is 41.5 Å². The van der Waals surface area contributed by atoms with Crippen molar-refractivity contribution < 1.29 is 13.9 Å². The van der Waals surface area contributed by atoms with Crippen LogP contribution in [0.3, 0.4) is 0 Å². The second kappa shape index (κ2) is 4.89. The molecule has 1 fully saturated rings. The molecule has 0 bridgehead atoms. The second-order valence-electron chi connectivity index (χ2n) is 4.37. The van der Waals surface area contributed by atoms with Gasteiger partial charge in [0, 0.05) is 6.61 Å². The molecule has 0 amide bonds. The highest BCUT2D eigenvalue weighted by molar-refractivity contribution is 5.73. The zero-order valence-corrected chi connectivity index (χ0v) is 10.1. The number of hydrogen-bond donors (Lipinski definition) is 0. The molecule has 1 aliphatic heterocycles. The van der Waals surface area contributed by atoms with E-state index in [1.165, 1.54) is 16.8 Å². The van der Waals surface area contributed by atoms with Gasteiger partial charge >= 0.3 is 0 Å². The Morgan fingerprint density at radius 1 is 1.47 bits per heavy atom. The SMILES string of the molecule is O=Cc1nnn(-c2cccc(F)c2)c1C1CCCO1. The Morgan fingerprint density at radius 2 is 2.37 bits per heavy atom. The predicted molar refractivity (Wildman–Crippen MR) is 64.6 cm³/mol. The topological polar surface area (TPSA) is 57.0 Å². The normalized spacial score (nSPS) is 18.7. The molecule has 1 aromatic heterocycles. The number of nitrogens with zero attached hydrogens (tertiary/aromatic N) is 3. The number of ether oxygens (including phenoxy) is 1. The van der Waals surface area contributed by atoms with Crippen LogP contribution in [0.2, 0.25) is 0 Å². The largest absolute Gasteiger partial charge is 0.372 e. The first-order chi connectivity index (χ1) is 9.29. The van der Waals surface area contributed by atoms with Gasteiger partial charge in [-0.3, -0.25) is 4.79 Å². The van der Waals surface area contributed by atoms with Crippen molar-refractivity contribution in [1.29, 1.82) is 0 Å². The van der Waals surface area contributed by atoms with Gasteiger partial charge in [0.2, 0.25) is 0 Å². The summed E-state index contributed by atoms with van der Waals surface area (Å²) in [6.07, 6.45) is 2.18. The van der Waals surface area contributed by atoms with Crippen LogP contribution in [0.5, 0.6) is 0 Å². The van der Waals surface area contributed by atoms with E-state index in [4.69, 9.17) is 4.74 Å². The molecule has 2 aromatic rings. The van der Waals surface area contributed by atoms with E-state index in [0.717, 1.165) is 12.8 Å². The molecule has 3 rings (SSSR count). The van der Waals surface area contributed by atoms with Gasteiger partial charge < -0.3 is 4.74 Å². The van der Waals surface area contributed by atoms with Crippen LogP contribution in [0.15, 0.2) is 24.3 Å². The Morgan fingerprint density at radius 3 is 3.05 bits per heavy atom. The van der Waals surface area contributed by atoms with Crippen LogP contribution in [0.4, 0.5) is 4.39 Å². The van der Waals surface area contributed by atoms with Crippen molar-refractivity contribution in [2.45, 2.75) is 18.9 Å². The lowest BCUT2D eigenvalue weighted by atomic mass is 10.1. The molecular weight excluding hydrogens is 249 g/mol. The average molecular weight is 261 g/mol. The Hall–Kier alpha value is -2.08. The number of hydrogen-bond acceptors (Lipinski definition) is 4. The summed E-state index contributed by atoms with van der Waals surface area (Å²) in [5.41, 5.74) is 1.38. The minimum atomic E-state index is -0.362. The fourth-order valence-corrected chi connectivity index (χ4v) is 2.28. The molecule has 0 N–H and O–H groups in total. The molecule has 5 nitrogen and oxygen atoms in total. The fraction of sp³-hybridized carbons (Fsp3) is 0.308. The maximum atomic E-state index is 13.3. The van der Waals surface area contributed by atoms with Crippen LogP contribution in [0, 0.1) is 5.82 Å². The van der Waals surface area contributed by atoms with Crippen LogP contribution in [-0.4, -0.2) is 27.9 Å². The van der Waals surface area contributed by atoms with E-state index in [2.05, 4.69) is 10.3 Å². The van der Waals surface area contributed by atoms with Gasteiger partial charge in [-0.05, 0) is 31.0 Å². The summed E-state index contributed by atoms with van der Waals surface area (Å²) >= 11 is 0. The number of rotatable bonds is 3. The third kappa shape index (κ3) is 2.15. The molecule has 1 atom stereocenters. The molecule has 0 radical (unpaired) electrons. The van der Waals surface area contributed by atoms with Crippen LogP contribution >= 0.6 is 0 Å². The molecule has 6 heteroatoms. The monoisotopic (exact) mass is 261 g/mol. The molecule has 1 saturated heterocycles. The zero-order chi connectivity index (χ0) is 13.2. The smallest absolute Gasteiger partial charge is 0.172 e. The van der Waals surface area contributed by atoms with Crippen molar-refractivity contribution >= 4 is 6.29 Å². The highest BCUT2D eigenvalue weighted by atomic mass is 19.1. The number of aromatic nitrogens is 3. The Bertz CT molecular complexity index is 606. The maximum Gasteiger partial charge on any atom is 0.172 e. The minimum Gasteiger partial charge on any atom is -0.372 e. The van der Waals surface area contributed by atoms with Crippen molar-refractivity contribution in [2.75, 3.05) is 6.61 Å². The Labute approximate surface area is 109 Å². The molecule has 0 saturated carbocycles. The first kappa shape index (κ1) is 12.0. The van der Waals surface area contributed by atoms with Crippen molar-refractivity contribution in [2.24, 2.45) is 0 Å². The molecule has 0 spiro atoms. The summed E-state index contributed by atoms with van der Waals surface area (Å²) in [7, 11) is 0. The minimum absolute atomic E-state index is 0.210. The van der Waals surface area contributed by atoms with Gasteiger partial charge in [-0.15, -0.1) is 5.10 Å². The molecular formula is C13H12FN3O2. The number of aldehydes is 1. The third-order valence-electron chi connectivity index (χ3n) is 3.13. The lowest BCUT2D eigenvalue weighted by Crippen LogP contribution is -2.09. The number of benzene rings is 1. The van der Waals surface area contributed by atoms with Gasteiger partial charge in [0.1, 0.15) is 17.6 Å². The maximum absolute atomic E-state index is 13.3. The molecule has 1 aliphatic rings. The van der Waals surface area contributed by atoms with Gasteiger partial charge in [0.15, 0.2) is 12.0 Å². The lowest BCUT2D eigenvalue weighted by Gasteiger charge is -2.12. The van der Waals surface area contributed by atoms with Gasteiger partial charge in [0.05, 0.1) is 5.69 Å². The summed E-state index contributed by atoms with van der Waals surface area (Å²) in [6.45, 7) is 0.650. The van der Waals surface area contributed by atoms with E-state index < -0.39 is 0 Å². The van der Waals surface area contributed by atoms with E-state index in [9.17, 15) is 9.18 Å². The van der Waals surface area contributed by atoms with Crippen molar-refractivity contribution in [1.82, 2.24) is 15.0 Å². The van der Waals surface area contributed by atoms with Crippen LogP contribution < -0.4 is 0 Å². The fourth-order valence-electron chi connectivity index (χ4n) is 2.28.